The summed E-state index contributed by atoms with van der Waals surface area (Å²) in [6.07, 6.45) is 6.75. The SMILES string of the molecule is CC1(C)CCCC1NCc1ccccc1N1CCCC1. The first kappa shape index (κ1) is 13.9. The van der Waals surface area contributed by atoms with Crippen LogP contribution in [0.4, 0.5) is 5.69 Å². The van der Waals surface area contributed by atoms with Crippen molar-refractivity contribution in [2.45, 2.75) is 58.5 Å². The Morgan fingerprint density at radius 3 is 2.60 bits per heavy atom. The molecule has 1 N–H and O–H groups in total. The summed E-state index contributed by atoms with van der Waals surface area (Å²) in [5.74, 6) is 0. The summed E-state index contributed by atoms with van der Waals surface area (Å²) < 4.78 is 0. The van der Waals surface area contributed by atoms with Gasteiger partial charge in [0.05, 0.1) is 0 Å². The number of hydrogen-bond acceptors (Lipinski definition) is 2. The van der Waals surface area contributed by atoms with Crippen molar-refractivity contribution in [3.05, 3.63) is 29.8 Å². The average molecular weight is 272 g/mol. The van der Waals surface area contributed by atoms with Crippen molar-refractivity contribution in [2.75, 3.05) is 18.0 Å². The van der Waals surface area contributed by atoms with Crippen molar-refractivity contribution in [3.63, 3.8) is 0 Å². The summed E-state index contributed by atoms with van der Waals surface area (Å²) in [7, 11) is 0. The largest absolute Gasteiger partial charge is 0.371 e. The van der Waals surface area contributed by atoms with Crippen LogP contribution in [0.1, 0.15) is 51.5 Å². The Balaban J connectivity index is 1.68. The molecule has 2 fully saturated rings. The Morgan fingerprint density at radius 2 is 1.90 bits per heavy atom. The van der Waals surface area contributed by atoms with Gasteiger partial charge in [0.15, 0.2) is 0 Å². The van der Waals surface area contributed by atoms with Crippen LogP contribution in [0.5, 0.6) is 0 Å². The van der Waals surface area contributed by atoms with E-state index in [0.717, 1.165) is 6.54 Å². The van der Waals surface area contributed by atoms with Crippen LogP contribution >= 0.6 is 0 Å². The van der Waals surface area contributed by atoms with Gasteiger partial charge in [-0.2, -0.15) is 0 Å². The minimum absolute atomic E-state index is 0.461. The van der Waals surface area contributed by atoms with Gasteiger partial charge in [0.2, 0.25) is 0 Å². The Kier molecular flexibility index (Phi) is 4.02. The lowest BCUT2D eigenvalue weighted by atomic mass is 9.87. The third-order valence-corrected chi connectivity index (χ3v) is 5.23. The number of rotatable bonds is 4. The van der Waals surface area contributed by atoms with Crippen molar-refractivity contribution in [1.82, 2.24) is 5.32 Å². The molecule has 1 saturated carbocycles. The van der Waals surface area contributed by atoms with Crippen LogP contribution < -0.4 is 10.2 Å². The minimum Gasteiger partial charge on any atom is -0.371 e. The zero-order chi connectivity index (χ0) is 14.0. The van der Waals surface area contributed by atoms with Gasteiger partial charge in [-0.15, -0.1) is 0 Å². The van der Waals surface area contributed by atoms with Crippen LogP contribution in [0.2, 0.25) is 0 Å². The second kappa shape index (κ2) is 5.77. The normalized spacial score (nSPS) is 25.3. The molecule has 0 radical (unpaired) electrons. The van der Waals surface area contributed by atoms with E-state index in [2.05, 4.69) is 48.3 Å². The first-order valence-corrected chi connectivity index (χ1v) is 8.23. The van der Waals surface area contributed by atoms with E-state index in [-0.39, 0.29) is 0 Å². The highest BCUT2D eigenvalue weighted by atomic mass is 15.1. The monoisotopic (exact) mass is 272 g/mol. The third-order valence-electron chi connectivity index (χ3n) is 5.23. The van der Waals surface area contributed by atoms with Crippen molar-refractivity contribution in [1.29, 1.82) is 0 Å². The minimum atomic E-state index is 0.461. The second-order valence-electron chi connectivity index (χ2n) is 7.14. The van der Waals surface area contributed by atoms with E-state index in [4.69, 9.17) is 0 Å². The lowest BCUT2D eigenvalue weighted by Gasteiger charge is -2.29. The van der Waals surface area contributed by atoms with E-state index in [1.165, 1.54) is 56.4 Å². The van der Waals surface area contributed by atoms with Crippen molar-refractivity contribution < 1.29 is 0 Å². The molecule has 1 saturated heterocycles. The average Bonchev–Trinajstić information content (AvgIpc) is 3.06. The van der Waals surface area contributed by atoms with Crippen LogP contribution in [0.25, 0.3) is 0 Å². The number of hydrogen-bond donors (Lipinski definition) is 1. The van der Waals surface area contributed by atoms with Gasteiger partial charge in [-0.25, -0.2) is 0 Å². The van der Waals surface area contributed by atoms with Gasteiger partial charge in [0.25, 0.3) is 0 Å². The van der Waals surface area contributed by atoms with Gasteiger partial charge >= 0.3 is 0 Å². The van der Waals surface area contributed by atoms with Crippen LogP contribution in [0.15, 0.2) is 24.3 Å². The molecule has 1 heterocycles. The smallest absolute Gasteiger partial charge is 0.0411 e. The molecule has 1 aliphatic heterocycles. The van der Waals surface area contributed by atoms with E-state index in [1.807, 2.05) is 0 Å². The van der Waals surface area contributed by atoms with Crippen molar-refractivity contribution in [3.8, 4) is 0 Å². The zero-order valence-electron chi connectivity index (χ0n) is 13.0. The number of benzene rings is 1. The fourth-order valence-electron chi connectivity index (χ4n) is 3.87. The first-order chi connectivity index (χ1) is 9.67. The van der Waals surface area contributed by atoms with Gasteiger partial charge in [0, 0.05) is 31.4 Å². The number of anilines is 1. The van der Waals surface area contributed by atoms with Crippen molar-refractivity contribution >= 4 is 5.69 Å². The van der Waals surface area contributed by atoms with E-state index in [1.54, 1.807) is 0 Å². The molecule has 20 heavy (non-hydrogen) atoms. The number of para-hydroxylation sites is 1. The molecule has 1 aromatic carbocycles. The van der Waals surface area contributed by atoms with Crippen molar-refractivity contribution in [2.24, 2.45) is 5.41 Å². The summed E-state index contributed by atoms with van der Waals surface area (Å²) in [5.41, 5.74) is 3.38. The predicted octanol–water partition coefficient (Wildman–Crippen LogP) is 3.96. The fraction of sp³-hybridized carbons (Fsp3) is 0.667. The molecule has 110 valence electrons. The number of nitrogens with one attached hydrogen (secondary N) is 1. The van der Waals surface area contributed by atoms with E-state index < -0.39 is 0 Å². The molecule has 1 atom stereocenters. The first-order valence-electron chi connectivity index (χ1n) is 8.23. The Morgan fingerprint density at radius 1 is 1.15 bits per heavy atom. The maximum Gasteiger partial charge on any atom is 0.0411 e. The van der Waals surface area contributed by atoms with E-state index in [0.29, 0.717) is 11.5 Å². The maximum atomic E-state index is 3.83. The Labute approximate surface area is 123 Å². The Bertz CT molecular complexity index is 446. The molecule has 0 amide bonds. The highest BCUT2D eigenvalue weighted by Crippen LogP contribution is 2.37. The van der Waals surface area contributed by atoms with Crippen LogP contribution in [-0.4, -0.2) is 19.1 Å². The molecule has 1 aromatic rings. The van der Waals surface area contributed by atoms with E-state index >= 15 is 0 Å². The summed E-state index contributed by atoms with van der Waals surface area (Å²) in [5, 5.41) is 3.83. The molecule has 2 heteroatoms. The second-order valence-corrected chi connectivity index (χ2v) is 7.14. The standard InChI is InChI=1S/C18H28N2/c1-18(2)11-7-10-17(18)19-14-15-8-3-4-9-16(15)20-12-5-6-13-20/h3-4,8-9,17,19H,5-7,10-14H2,1-2H3. The van der Waals surface area contributed by atoms with Gasteiger partial charge in [-0.05, 0) is 42.7 Å². The summed E-state index contributed by atoms with van der Waals surface area (Å²) in [6, 6.07) is 9.62. The van der Waals surface area contributed by atoms with Gasteiger partial charge in [-0.1, -0.05) is 38.5 Å². The molecular formula is C18H28N2. The topological polar surface area (TPSA) is 15.3 Å². The molecule has 1 aliphatic carbocycles. The molecular weight excluding hydrogens is 244 g/mol. The maximum absolute atomic E-state index is 3.83. The highest BCUT2D eigenvalue weighted by molar-refractivity contribution is 5.54. The molecule has 3 rings (SSSR count). The van der Waals surface area contributed by atoms with Gasteiger partial charge in [-0.3, -0.25) is 0 Å². The zero-order valence-corrected chi connectivity index (χ0v) is 13.0. The molecule has 2 nitrogen and oxygen atoms in total. The predicted molar refractivity (Wildman–Crippen MR) is 86.1 cm³/mol. The van der Waals surface area contributed by atoms with E-state index in [9.17, 15) is 0 Å². The Hall–Kier alpha value is -1.02. The summed E-state index contributed by atoms with van der Waals surface area (Å²) >= 11 is 0. The molecule has 0 spiro atoms. The summed E-state index contributed by atoms with van der Waals surface area (Å²) in [4.78, 5) is 2.55. The van der Waals surface area contributed by atoms with Crippen LogP contribution in [0, 0.1) is 5.41 Å². The quantitative estimate of drug-likeness (QED) is 0.892. The number of nitrogens with zero attached hydrogens (tertiary/aromatic N) is 1. The summed E-state index contributed by atoms with van der Waals surface area (Å²) in [6.45, 7) is 8.28. The molecule has 0 aromatic heterocycles. The lowest BCUT2D eigenvalue weighted by molar-refractivity contribution is 0.282. The lowest BCUT2D eigenvalue weighted by Crippen LogP contribution is -2.37. The molecule has 0 bridgehead atoms. The molecule has 2 aliphatic rings. The fourth-order valence-corrected chi connectivity index (χ4v) is 3.87. The van der Waals surface area contributed by atoms with Gasteiger partial charge in [0.1, 0.15) is 0 Å². The van der Waals surface area contributed by atoms with Gasteiger partial charge < -0.3 is 10.2 Å². The van der Waals surface area contributed by atoms with Crippen LogP contribution in [0.3, 0.4) is 0 Å². The molecule has 1 unspecified atom stereocenters. The highest BCUT2D eigenvalue weighted by Gasteiger charge is 2.33. The van der Waals surface area contributed by atoms with Crippen LogP contribution in [-0.2, 0) is 6.54 Å². The third kappa shape index (κ3) is 2.85.